The molecule has 3 aromatic rings. The quantitative estimate of drug-likeness (QED) is 0.423. The Bertz CT molecular complexity index is 1280. The molecule has 0 N–H and O–H groups in total. The first kappa shape index (κ1) is 25.2. The molecule has 196 valence electrons. The van der Waals surface area contributed by atoms with E-state index in [4.69, 9.17) is 4.98 Å². The van der Waals surface area contributed by atoms with Crippen LogP contribution in [0.25, 0.3) is 11.3 Å². The summed E-state index contributed by atoms with van der Waals surface area (Å²) >= 11 is 0. The van der Waals surface area contributed by atoms with E-state index in [-0.39, 0.29) is 17.9 Å². The summed E-state index contributed by atoms with van der Waals surface area (Å²) in [6.07, 6.45) is -1.15. The number of rotatable bonds is 4. The normalized spacial score (nSPS) is 20.6. The summed E-state index contributed by atoms with van der Waals surface area (Å²) in [7, 11) is 0. The van der Waals surface area contributed by atoms with Crippen LogP contribution in [-0.4, -0.2) is 53.2 Å². The van der Waals surface area contributed by atoms with Crippen LogP contribution >= 0.6 is 0 Å². The summed E-state index contributed by atoms with van der Waals surface area (Å²) in [6, 6.07) is 7.74. The molecule has 0 unspecified atom stereocenters. The van der Waals surface area contributed by atoms with Gasteiger partial charge in [0.1, 0.15) is 11.6 Å². The second-order valence-corrected chi connectivity index (χ2v) is 9.59. The Kier molecular flexibility index (Phi) is 6.63. The summed E-state index contributed by atoms with van der Waals surface area (Å²) in [5.74, 6) is -0.900. The summed E-state index contributed by atoms with van der Waals surface area (Å²) in [4.78, 5) is 19.3. The molecule has 1 aromatic carbocycles. The van der Waals surface area contributed by atoms with E-state index in [1.54, 1.807) is 11.0 Å². The molecule has 4 heterocycles. The van der Waals surface area contributed by atoms with Gasteiger partial charge >= 0.3 is 6.18 Å². The topological polar surface area (TPSA) is 48.4 Å². The fourth-order valence-corrected chi connectivity index (χ4v) is 5.09. The molecule has 0 bridgehead atoms. The standard InChI is InChI=1S/C26H27F5N6/c1-16-5-4-10-37(16)25-33-22(18-7-8-20(27)21(28)13-18)14-23(34-25)36-12-11-35(15-17(36)2)24-19(26(29,30)31)6-3-9-32-24/h3,6-9,13-14,16-17H,4-5,10-12,15H2,1-2H3/t16-,17+/m0/s1. The van der Waals surface area contributed by atoms with Crippen LogP contribution in [0.5, 0.6) is 0 Å². The van der Waals surface area contributed by atoms with Gasteiger partial charge in [0, 0.05) is 56.1 Å². The third-order valence-electron chi connectivity index (χ3n) is 7.04. The minimum Gasteiger partial charge on any atom is -0.352 e. The number of benzene rings is 1. The van der Waals surface area contributed by atoms with Crippen molar-refractivity contribution in [1.29, 1.82) is 0 Å². The lowest BCUT2D eigenvalue weighted by Crippen LogP contribution is -2.53. The maximum atomic E-state index is 14.0. The molecule has 0 saturated carbocycles. The van der Waals surface area contributed by atoms with Crippen LogP contribution in [0, 0.1) is 11.6 Å². The molecule has 2 aliphatic rings. The van der Waals surface area contributed by atoms with E-state index >= 15 is 0 Å². The van der Waals surface area contributed by atoms with Crippen molar-refractivity contribution in [2.45, 2.75) is 44.9 Å². The van der Waals surface area contributed by atoms with Gasteiger partial charge in [-0.25, -0.2) is 18.7 Å². The van der Waals surface area contributed by atoms with Gasteiger partial charge in [0.05, 0.1) is 11.3 Å². The van der Waals surface area contributed by atoms with E-state index in [1.165, 1.54) is 18.3 Å². The maximum absolute atomic E-state index is 14.0. The number of halogens is 5. The fourth-order valence-electron chi connectivity index (χ4n) is 5.09. The fraction of sp³-hybridized carbons (Fsp3) is 0.423. The van der Waals surface area contributed by atoms with Crippen LogP contribution in [0.1, 0.15) is 32.3 Å². The third-order valence-corrected chi connectivity index (χ3v) is 7.04. The first-order valence-corrected chi connectivity index (χ1v) is 12.3. The average molecular weight is 519 g/mol. The molecule has 37 heavy (non-hydrogen) atoms. The highest BCUT2D eigenvalue weighted by molar-refractivity contribution is 5.66. The predicted molar refractivity (Wildman–Crippen MR) is 132 cm³/mol. The van der Waals surface area contributed by atoms with Crippen LogP contribution in [0.3, 0.4) is 0 Å². The molecule has 0 radical (unpaired) electrons. The van der Waals surface area contributed by atoms with E-state index in [9.17, 15) is 22.0 Å². The summed E-state index contributed by atoms with van der Waals surface area (Å²) in [6.45, 7) is 5.81. The second-order valence-electron chi connectivity index (χ2n) is 9.59. The van der Waals surface area contributed by atoms with Gasteiger partial charge in [0.2, 0.25) is 5.95 Å². The monoisotopic (exact) mass is 518 g/mol. The Morgan fingerprint density at radius 1 is 0.892 bits per heavy atom. The van der Waals surface area contributed by atoms with E-state index < -0.39 is 23.4 Å². The van der Waals surface area contributed by atoms with Gasteiger partial charge in [-0.05, 0) is 57.0 Å². The maximum Gasteiger partial charge on any atom is 0.419 e. The number of nitrogens with zero attached hydrogens (tertiary/aromatic N) is 6. The molecule has 2 aromatic heterocycles. The molecule has 5 rings (SSSR count). The van der Waals surface area contributed by atoms with Crippen LogP contribution in [0.4, 0.5) is 39.5 Å². The Morgan fingerprint density at radius 3 is 2.38 bits per heavy atom. The summed E-state index contributed by atoms with van der Waals surface area (Å²) < 4.78 is 68.4. The smallest absolute Gasteiger partial charge is 0.352 e. The molecule has 0 amide bonds. The van der Waals surface area contributed by atoms with Gasteiger partial charge in [-0.2, -0.15) is 18.2 Å². The van der Waals surface area contributed by atoms with Crippen LogP contribution in [0.15, 0.2) is 42.6 Å². The van der Waals surface area contributed by atoms with Crippen molar-refractivity contribution in [3.8, 4) is 11.3 Å². The van der Waals surface area contributed by atoms with Gasteiger partial charge in [-0.1, -0.05) is 0 Å². The van der Waals surface area contributed by atoms with Crippen LogP contribution < -0.4 is 14.7 Å². The van der Waals surface area contributed by atoms with Crippen molar-refractivity contribution in [1.82, 2.24) is 15.0 Å². The first-order valence-electron chi connectivity index (χ1n) is 12.3. The van der Waals surface area contributed by atoms with Gasteiger partial charge in [0.15, 0.2) is 11.6 Å². The zero-order valence-electron chi connectivity index (χ0n) is 20.5. The molecular weight excluding hydrogens is 491 g/mol. The molecule has 2 fully saturated rings. The molecule has 2 atom stereocenters. The Morgan fingerprint density at radius 2 is 1.70 bits per heavy atom. The molecular formula is C26H27F5N6. The van der Waals surface area contributed by atoms with Crippen molar-refractivity contribution in [2.75, 3.05) is 40.9 Å². The Balaban J connectivity index is 1.48. The lowest BCUT2D eigenvalue weighted by Gasteiger charge is -2.42. The SMILES string of the molecule is C[C@@H]1CN(c2ncccc2C(F)(F)F)CCN1c1cc(-c2ccc(F)c(F)c2)nc(N2CCC[C@@H]2C)n1. The van der Waals surface area contributed by atoms with Gasteiger partial charge in [-0.3, -0.25) is 0 Å². The Hall–Kier alpha value is -3.50. The summed E-state index contributed by atoms with van der Waals surface area (Å²) in [5.41, 5.74) is 0.116. The molecule has 2 saturated heterocycles. The van der Waals surface area contributed by atoms with E-state index in [0.29, 0.717) is 42.7 Å². The number of anilines is 3. The van der Waals surface area contributed by atoms with E-state index in [2.05, 4.69) is 21.8 Å². The molecule has 6 nitrogen and oxygen atoms in total. The highest BCUT2D eigenvalue weighted by Gasteiger charge is 2.37. The highest BCUT2D eigenvalue weighted by Crippen LogP contribution is 2.36. The third kappa shape index (κ3) is 5.03. The van der Waals surface area contributed by atoms with E-state index in [0.717, 1.165) is 37.6 Å². The minimum absolute atomic E-state index is 0.0850. The number of pyridine rings is 1. The zero-order chi connectivity index (χ0) is 26.3. The minimum atomic E-state index is -4.50. The predicted octanol–water partition coefficient (Wildman–Crippen LogP) is 5.54. The number of piperazine rings is 1. The van der Waals surface area contributed by atoms with Crippen molar-refractivity contribution >= 4 is 17.6 Å². The lowest BCUT2D eigenvalue weighted by atomic mass is 10.1. The average Bonchev–Trinajstić information content (AvgIpc) is 3.30. The van der Waals surface area contributed by atoms with E-state index in [1.807, 2.05) is 11.8 Å². The first-order chi connectivity index (χ1) is 17.6. The second kappa shape index (κ2) is 9.75. The number of alkyl halides is 3. The van der Waals surface area contributed by atoms with Gasteiger partial charge in [0.25, 0.3) is 0 Å². The van der Waals surface area contributed by atoms with Crippen LogP contribution in [-0.2, 0) is 6.18 Å². The number of aromatic nitrogens is 3. The van der Waals surface area contributed by atoms with Crippen LogP contribution in [0.2, 0.25) is 0 Å². The zero-order valence-corrected chi connectivity index (χ0v) is 20.5. The lowest BCUT2D eigenvalue weighted by molar-refractivity contribution is -0.137. The molecule has 0 aliphatic carbocycles. The van der Waals surface area contributed by atoms with Crippen molar-refractivity contribution < 1.29 is 22.0 Å². The highest BCUT2D eigenvalue weighted by atomic mass is 19.4. The van der Waals surface area contributed by atoms with Crippen molar-refractivity contribution in [2.24, 2.45) is 0 Å². The van der Waals surface area contributed by atoms with Gasteiger partial charge in [-0.15, -0.1) is 0 Å². The number of hydrogen-bond acceptors (Lipinski definition) is 6. The Labute approximate surface area is 211 Å². The molecule has 2 aliphatic heterocycles. The van der Waals surface area contributed by atoms with Gasteiger partial charge < -0.3 is 14.7 Å². The van der Waals surface area contributed by atoms with Crippen molar-refractivity contribution in [3.63, 3.8) is 0 Å². The molecule has 0 spiro atoms. The molecule has 11 heteroatoms. The largest absolute Gasteiger partial charge is 0.419 e. The number of hydrogen-bond donors (Lipinski definition) is 0. The summed E-state index contributed by atoms with van der Waals surface area (Å²) in [5, 5.41) is 0. The van der Waals surface area contributed by atoms with Crippen molar-refractivity contribution in [3.05, 3.63) is 59.8 Å².